The number of hydrogen-bond donors (Lipinski definition) is 4. The van der Waals surface area contributed by atoms with Crippen molar-refractivity contribution in [2.75, 3.05) is 11.9 Å². The Labute approximate surface area is 167 Å². The molecule has 0 saturated carbocycles. The average molecular weight is 392 g/mol. The van der Waals surface area contributed by atoms with Crippen LogP contribution in [0.5, 0.6) is 0 Å². The first kappa shape index (κ1) is 18.9. The number of fused-ring (bicyclic) bond motifs is 1. The third kappa shape index (κ3) is 4.35. The van der Waals surface area contributed by atoms with Gasteiger partial charge in [0.1, 0.15) is 11.5 Å². The van der Waals surface area contributed by atoms with Crippen LogP contribution in [0.25, 0.3) is 0 Å². The molecule has 0 aliphatic carbocycles. The first-order chi connectivity index (χ1) is 14.1. The number of H-pyrrole nitrogens is 1. The lowest BCUT2D eigenvalue weighted by atomic mass is 10.0. The van der Waals surface area contributed by atoms with Crippen molar-refractivity contribution in [3.63, 3.8) is 0 Å². The maximum absolute atomic E-state index is 13.0. The summed E-state index contributed by atoms with van der Waals surface area (Å²) in [6, 6.07) is 15.0. The monoisotopic (exact) mass is 392 g/mol. The van der Waals surface area contributed by atoms with Gasteiger partial charge < -0.3 is 20.9 Å². The molecule has 6 nitrogen and oxygen atoms in total. The third-order valence-corrected chi connectivity index (χ3v) is 4.97. The average Bonchev–Trinajstić information content (AvgIpc) is 3.16. The number of carbonyl (C=O) groups excluding carboxylic acids is 2. The van der Waals surface area contributed by atoms with Crippen LogP contribution in [0.3, 0.4) is 0 Å². The smallest absolute Gasteiger partial charge is 0.268 e. The highest BCUT2D eigenvalue weighted by Crippen LogP contribution is 2.23. The van der Waals surface area contributed by atoms with Gasteiger partial charge in [0.05, 0.1) is 0 Å². The molecule has 0 spiro atoms. The molecule has 0 saturated heterocycles. The molecule has 2 aromatic carbocycles. The van der Waals surface area contributed by atoms with E-state index in [1.807, 2.05) is 30.3 Å². The largest absolute Gasteiger partial charge is 0.357 e. The fourth-order valence-corrected chi connectivity index (χ4v) is 3.41. The molecule has 148 valence electrons. The number of aromatic amines is 1. The van der Waals surface area contributed by atoms with E-state index in [1.165, 1.54) is 24.3 Å². The van der Waals surface area contributed by atoms with Crippen molar-refractivity contribution < 1.29 is 14.0 Å². The molecule has 3 aromatic rings. The van der Waals surface area contributed by atoms with Crippen LogP contribution >= 0.6 is 0 Å². The summed E-state index contributed by atoms with van der Waals surface area (Å²) in [5.41, 5.74) is 3.71. The molecular formula is C22H21FN4O2. The quantitative estimate of drug-likeness (QED) is 0.537. The molecule has 0 radical (unpaired) electrons. The number of halogens is 1. The van der Waals surface area contributed by atoms with E-state index in [2.05, 4.69) is 20.9 Å². The number of anilines is 1. The van der Waals surface area contributed by atoms with Crippen molar-refractivity contribution in [3.05, 3.63) is 89.0 Å². The molecule has 1 atom stereocenters. The van der Waals surface area contributed by atoms with Crippen molar-refractivity contribution >= 4 is 17.5 Å². The summed E-state index contributed by atoms with van der Waals surface area (Å²) < 4.78 is 13.0. The minimum absolute atomic E-state index is 0.0736. The number of nitrogens with one attached hydrogen (secondary N) is 4. The molecule has 0 bridgehead atoms. The molecule has 1 aliphatic heterocycles. The highest BCUT2D eigenvalue weighted by atomic mass is 19.1. The molecule has 0 fully saturated rings. The van der Waals surface area contributed by atoms with Crippen LogP contribution in [-0.2, 0) is 6.54 Å². The summed E-state index contributed by atoms with van der Waals surface area (Å²) in [5.74, 6) is -0.735. The number of carbonyl (C=O) groups is 2. The van der Waals surface area contributed by atoms with Crippen LogP contribution in [0, 0.1) is 5.82 Å². The van der Waals surface area contributed by atoms with Crippen molar-refractivity contribution in [1.82, 2.24) is 15.6 Å². The molecule has 7 heteroatoms. The summed E-state index contributed by atoms with van der Waals surface area (Å²) >= 11 is 0. The van der Waals surface area contributed by atoms with E-state index < -0.39 is 0 Å². The third-order valence-electron chi connectivity index (χ3n) is 4.97. The Balaban J connectivity index is 1.36. The van der Waals surface area contributed by atoms with Gasteiger partial charge in [-0.3, -0.25) is 9.59 Å². The Morgan fingerprint density at radius 3 is 2.59 bits per heavy atom. The molecule has 1 aliphatic rings. The van der Waals surface area contributed by atoms with Crippen LogP contribution in [-0.4, -0.2) is 23.3 Å². The molecule has 2 heterocycles. The predicted octanol–water partition coefficient (Wildman–Crippen LogP) is 3.37. The van der Waals surface area contributed by atoms with E-state index in [0.717, 1.165) is 17.5 Å². The second kappa shape index (κ2) is 8.28. The second-order valence-electron chi connectivity index (χ2n) is 6.94. The summed E-state index contributed by atoms with van der Waals surface area (Å²) in [4.78, 5) is 27.2. The van der Waals surface area contributed by atoms with E-state index in [1.54, 1.807) is 6.20 Å². The summed E-state index contributed by atoms with van der Waals surface area (Å²) in [7, 11) is 0. The van der Waals surface area contributed by atoms with Gasteiger partial charge in [-0.1, -0.05) is 12.1 Å². The van der Waals surface area contributed by atoms with E-state index in [9.17, 15) is 14.0 Å². The first-order valence-electron chi connectivity index (χ1n) is 9.45. The number of hydrogen-bond acceptors (Lipinski definition) is 3. The highest BCUT2D eigenvalue weighted by Gasteiger charge is 2.23. The normalized spacial score (nSPS) is 15.9. The van der Waals surface area contributed by atoms with Crippen LogP contribution in [0.15, 0.2) is 60.8 Å². The Morgan fingerprint density at radius 1 is 1.07 bits per heavy atom. The Hall–Kier alpha value is -3.45. The van der Waals surface area contributed by atoms with Gasteiger partial charge in [-0.2, -0.15) is 0 Å². The number of amides is 2. The zero-order valence-electron chi connectivity index (χ0n) is 15.7. The maximum Gasteiger partial charge on any atom is 0.268 e. The Bertz CT molecular complexity index is 1010. The van der Waals surface area contributed by atoms with E-state index >= 15 is 0 Å². The van der Waals surface area contributed by atoms with Crippen LogP contribution < -0.4 is 16.0 Å². The van der Waals surface area contributed by atoms with Gasteiger partial charge in [-0.15, -0.1) is 0 Å². The van der Waals surface area contributed by atoms with Gasteiger partial charge in [0.2, 0.25) is 0 Å². The lowest BCUT2D eigenvalue weighted by Crippen LogP contribution is -2.24. The summed E-state index contributed by atoms with van der Waals surface area (Å²) in [6.45, 7) is 1.25. The van der Waals surface area contributed by atoms with Crippen LogP contribution in [0.4, 0.5) is 10.1 Å². The molecule has 4 rings (SSSR count). The molecular weight excluding hydrogens is 371 g/mol. The Morgan fingerprint density at radius 2 is 1.83 bits per heavy atom. The minimum Gasteiger partial charge on any atom is -0.357 e. The fourth-order valence-electron chi connectivity index (χ4n) is 3.41. The van der Waals surface area contributed by atoms with Crippen molar-refractivity contribution in [2.45, 2.75) is 19.0 Å². The second-order valence-corrected chi connectivity index (χ2v) is 6.94. The number of aromatic nitrogens is 1. The van der Waals surface area contributed by atoms with Gasteiger partial charge >= 0.3 is 0 Å². The van der Waals surface area contributed by atoms with Gasteiger partial charge in [0, 0.05) is 36.6 Å². The summed E-state index contributed by atoms with van der Waals surface area (Å²) in [6.07, 6.45) is 2.59. The van der Waals surface area contributed by atoms with Crippen molar-refractivity contribution in [2.24, 2.45) is 0 Å². The highest BCUT2D eigenvalue weighted by molar-refractivity contribution is 6.04. The Kier molecular flexibility index (Phi) is 5.39. The van der Waals surface area contributed by atoms with Gasteiger partial charge in [-0.05, 0) is 60.0 Å². The topological polar surface area (TPSA) is 86.0 Å². The van der Waals surface area contributed by atoms with E-state index in [4.69, 9.17) is 0 Å². The number of rotatable bonds is 5. The standard InChI is InChI=1S/C22H21FN4O2/c23-16-5-3-15(4-6-16)21(28)27-17-7-1-14(2-8-17)13-26-19-10-12-25-22(29)20-18(19)9-11-24-20/h1-9,11,19,24,26H,10,12-13H2,(H,25,29)(H,27,28). The molecule has 29 heavy (non-hydrogen) atoms. The lowest BCUT2D eigenvalue weighted by Gasteiger charge is -2.17. The van der Waals surface area contributed by atoms with E-state index in [0.29, 0.717) is 30.0 Å². The zero-order chi connectivity index (χ0) is 20.2. The van der Waals surface area contributed by atoms with Gasteiger partial charge in [-0.25, -0.2) is 4.39 Å². The van der Waals surface area contributed by atoms with Crippen molar-refractivity contribution in [3.8, 4) is 0 Å². The zero-order valence-corrected chi connectivity index (χ0v) is 15.7. The van der Waals surface area contributed by atoms with Crippen LogP contribution in [0.1, 0.15) is 44.4 Å². The SMILES string of the molecule is O=C(Nc1ccc(CNC2CCNC(=O)c3[nH]ccc32)cc1)c1ccc(F)cc1. The van der Waals surface area contributed by atoms with Gasteiger partial charge in [0.15, 0.2) is 0 Å². The lowest BCUT2D eigenvalue weighted by molar-refractivity contribution is 0.0950. The maximum atomic E-state index is 13.0. The van der Waals surface area contributed by atoms with Crippen molar-refractivity contribution in [1.29, 1.82) is 0 Å². The number of benzene rings is 2. The van der Waals surface area contributed by atoms with Gasteiger partial charge in [0.25, 0.3) is 11.8 Å². The molecule has 1 aromatic heterocycles. The van der Waals surface area contributed by atoms with Crippen LogP contribution in [0.2, 0.25) is 0 Å². The summed E-state index contributed by atoms with van der Waals surface area (Å²) in [5, 5.41) is 9.18. The molecule has 2 amide bonds. The molecule has 1 unspecified atom stereocenters. The fraction of sp³-hybridized carbons (Fsp3) is 0.182. The van der Waals surface area contributed by atoms with E-state index in [-0.39, 0.29) is 23.7 Å². The molecule has 4 N–H and O–H groups in total. The first-order valence-corrected chi connectivity index (χ1v) is 9.45. The predicted molar refractivity (Wildman–Crippen MR) is 108 cm³/mol. The minimum atomic E-state index is -0.376.